The topological polar surface area (TPSA) is 56.1 Å². The molecule has 3 aromatic rings. The van der Waals surface area contributed by atoms with Crippen LogP contribution in [0.2, 0.25) is 0 Å². The van der Waals surface area contributed by atoms with Crippen molar-refractivity contribution in [3.05, 3.63) is 83.9 Å². The lowest BCUT2D eigenvalue weighted by Gasteiger charge is -2.09. The van der Waals surface area contributed by atoms with Gasteiger partial charge in [-0.05, 0) is 29.3 Å². The Labute approximate surface area is 145 Å². The van der Waals surface area contributed by atoms with Crippen molar-refractivity contribution in [2.24, 2.45) is 0 Å². The average Bonchev–Trinajstić information content (AvgIpc) is 3.13. The van der Waals surface area contributed by atoms with Crippen LogP contribution in [-0.4, -0.2) is 22.3 Å². The number of ether oxygens (including phenoxy) is 1. The maximum atomic E-state index is 13.4. The van der Waals surface area contributed by atoms with E-state index in [0.29, 0.717) is 13.1 Å². The third-order valence-corrected chi connectivity index (χ3v) is 3.61. The summed E-state index contributed by atoms with van der Waals surface area (Å²) in [5, 5.41) is 6.91. The van der Waals surface area contributed by atoms with Crippen LogP contribution in [0.1, 0.15) is 11.1 Å². The van der Waals surface area contributed by atoms with Gasteiger partial charge < -0.3 is 10.1 Å². The number of carbonyl (C=O) groups excluding carboxylic acids is 1. The van der Waals surface area contributed by atoms with Crippen LogP contribution in [0.15, 0.2) is 67.0 Å². The van der Waals surface area contributed by atoms with Gasteiger partial charge in [-0.2, -0.15) is 5.10 Å². The molecule has 0 atom stereocenters. The fourth-order valence-corrected chi connectivity index (χ4v) is 2.30. The highest BCUT2D eigenvalue weighted by atomic mass is 19.1. The number of carbonyl (C=O) groups is 1. The van der Waals surface area contributed by atoms with Crippen LogP contribution in [0.4, 0.5) is 4.39 Å². The number of hydrogen-bond acceptors (Lipinski definition) is 3. The van der Waals surface area contributed by atoms with E-state index in [0.717, 1.165) is 11.1 Å². The Balaban J connectivity index is 1.45. The highest BCUT2D eigenvalue weighted by molar-refractivity contribution is 5.77. The molecule has 0 aliphatic heterocycles. The van der Waals surface area contributed by atoms with E-state index in [1.165, 1.54) is 12.1 Å². The number of aromatic nitrogens is 2. The van der Waals surface area contributed by atoms with Crippen LogP contribution in [-0.2, 0) is 17.9 Å². The molecule has 1 amide bonds. The van der Waals surface area contributed by atoms with Gasteiger partial charge in [-0.25, -0.2) is 4.39 Å². The third kappa shape index (κ3) is 4.91. The van der Waals surface area contributed by atoms with Crippen molar-refractivity contribution in [3.63, 3.8) is 0 Å². The summed E-state index contributed by atoms with van der Waals surface area (Å²) in [6, 6.07) is 15.8. The Morgan fingerprint density at radius 2 is 1.84 bits per heavy atom. The minimum absolute atomic E-state index is 0.0700. The summed E-state index contributed by atoms with van der Waals surface area (Å²) in [4.78, 5) is 11.8. The van der Waals surface area contributed by atoms with Crippen LogP contribution < -0.4 is 10.1 Å². The lowest BCUT2D eigenvalue weighted by atomic mass is 10.1. The molecule has 128 valence electrons. The number of amides is 1. The standard InChI is InChI=1S/C19H18FN3O2/c20-17-4-1-2-5-18(17)25-14-19(24)21-12-15-6-8-16(9-7-15)13-23-11-3-10-22-23/h1-11H,12-14H2,(H,21,24). The Kier molecular flexibility index (Phi) is 5.41. The van der Waals surface area contributed by atoms with Crippen LogP contribution in [0.25, 0.3) is 0 Å². The van der Waals surface area contributed by atoms with E-state index in [-0.39, 0.29) is 18.3 Å². The molecule has 0 fully saturated rings. The van der Waals surface area contributed by atoms with E-state index in [9.17, 15) is 9.18 Å². The maximum absolute atomic E-state index is 13.4. The molecule has 0 saturated heterocycles. The fourth-order valence-electron chi connectivity index (χ4n) is 2.30. The molecule has 0 saturated carbocycles. The molecule has 3 rings (SSSR count). The van der Waals surface area contributed by atoms with Gasteiger partial charge in [0, 0.05) is 18.9 Å². The number of benzene rings is 2. The predicted molar refractivity (Wildman–Crippen MR) is 91.5 cm³/mol. The predicted octanol–water partition coefficient (Wildman–Crippen LogP) is 2.77. The zero-order valence-electron chi connectivity index (χ0n) is 13.6. The molecule has 6 heteroatoms. The minimum atomic E-state index is -0.483. The molecule has 1 heterocycles. The van der Waals surface area contributed by atoms with Crippen molar-refractivity contribution < 1.29 is 13.9 Å². The van der Waals surface area contributed by atoms with Crippen molar-refractivity contribution in [2.75, 3.05) is 6.61 Å². The molecule has 0 aliphatic carbocycles. The highest BCUT2D eigenvalue weighted by Crippen LogP contribution is 2.14. The smallest absolute Gasteiger partial charge is 0.258 e. The van der Waals surface area contributed by atoms with Gasteiger partial charge in [0.15, 0.2) is 18.2 Å². The number of para-hydroxylation sites is 1. The first-order valence-electron chi connectivity index (χ1n) is 7.90. The van der Waals surface area contributed by atoms with Gasteiger partial charge in [0.05, 0.1) is 6.54 Å². The van der Waals surface area contributed by atoms with E-state index in [1.807, 2.05) is 41.2 Å². The summed E-state index contributed by atoms with van der Waals surface area (Å²) >= 11 is 0. The fraction of sp³-hybridized carbons (Fsp3) is 0.158. The summed E-state index contributed by atoms with van der Waals surface area (Å²) in [6.07, 6.45) is 3.65. The molecule has 0 unspecified atom stereocenters. The molecule has 1 N–H and O–H groups in total. The SMILES string of the molecule is O=C(COc1ccccc1F)NCc1ccc(Cn2cccn2)cc1. The van der Waals surface area contributed by atoms with Crippen molar-refractivity contribution in [1.29, 1.82) is 0 Å². The first-order chi connectivity index (χ1) is 12.2. The van der Waals surface area contributed by atoms with Crippen molar-refractivity contribution in [2.45, 2.75) is 13.1 Å². The minimum Gasteiger partial charge on any atom is -0.481 e. The summed E-state index contributed by atoms with van der Waals surface area (Å²) in [5.41, 5.74) is 2.10. The van der Waals surface area contributed by atoms with E-state index in [1.54, 1.807) is 18.3 Å². The summed E-state index contributed by atoms with van der Waals surface area (Å²) < 4.78 is 20.4. The summed E-state index contributed by atoms with van der Waals surface area (Å²) in [6.45, 7) is 0.871. The largest absolute Gasteiger partial charge is 0.481 e. The number of hydrogen-bond donors (Lipinski definition) is 1. The Hall–Kier alpha value is -3.15. The Morgan fingerprint density at radius 3 is 2.56 bits per heavy atom. The molecule has 5 nitrogen and oxygen atoms in total. The van der Waals surface area contributed by atoms with Crippen molar-refractivity contribution >= 4 is 5.91 Å². The number of nitrogens with one attached hydrogen (secondary N) is 1. The van der Waals surface area contributed by atoms with Crippen LogP contribution >= 0.6 is 0 Å². The summed E-state index contributed by atoms with van der Waals surface area (Å²) in [7, 11) is 0. The maximum Gasteiger partial charge on any atom is 0.258 e. The first kappa shape index (κ1) is 16.7. The number of halogens is 1. The monoisotopic (exact) mass is 339 g/mol. The molecule has 25 heavy (non-hydrogen) atoms. The highest BCUT2D eigenvalue weighted by Gasteiger charge is 2.06. The van der Waals surface area contributed by atoms with E-state index >= 15 is 0 Å². The number of rotatable bonds is 7. The Morgan fingerprint density at radius 1 is 1.08 bits per heavy atom. The third-order valence-electron chi connectivity index (χ3n) is 3.61. The van der Waals surface area contributed by atoms with E-state index in [4.69, 9.17) is 4.74 Å². The second-order valence-corrected chi connectivity index (χ2v) is 5.52. The second kappa shape index (κ2) is 8.10. The van der Waals surface area contributed by atoms with Crippen molar-refractivity contribution in [3.8, 4) is 5.75 Å². The van der Waals surface area contributed by atoms with E-state index in [2.05, 4.69) is 10.4 Å². The molecule has 0 aliphatic rings. The Bertz CT molecular complexity index is 817. The van der Waals surface area contributed by atoms with Crippen molar-refractivity contribution in [1.82, 2.24) is 15.1 Å². The van der Waals surface area contributed by atoms with Crippen LogP contribution in [0.5, 0.6) is 5.75 Å². The zero-order valence-corrected chi connectivity index (χ0v) is 13.6. The lowest BCUT2D eigenvalue weighted by molar-refractivity contribution is -0.123. The summed E-state index contributed by atoms with van der Waals surface area (Å²) in [5.74, 6) is -0.715. The zero-order chi connectivity index (χ0) is 17.5. The van der Waals surface area contributed by atoms with Gasteiger partial charge >= 0.3 is 0 Å². The quantitative estimate of drug-likeness (QED) is 0.720. The normalized spacial score (nSPS) is 10.4. The van der Waals surface area contributed by atoms with Gasteiger partial charge in [-0.1, -0.05) is 36.4 Å². The molecular weight excluding hydrogens is 321 g/mol. The lowest BCUT2D eigenvalue weighted by Crippen LogP contribution is -2.28. The number of nitrogens with zero attached hydrogens (tertiary/aromatic N) is 2. The van der Waals surface area contributed by atoms with Gasteiger partial charge in [0.2, 0.25) is 0 Å². The second-order valence-electron chi connectivity index (χ2n) is 5.52. The van der Waals surface area contributed by atoms with E-state index < -0.39 is 5.82 Å². The molecule has 1 aromatic heterocycles. The molecule has 0 radical (unpaired) electrons. The molecule has 2 aromatic carbocycles. The average molecular weight is 339 g/mol. The van der Waals surface area contributed by atoms with Gasteiger partial charge in [-0.15, -0.1) is 0 Å². The molecule has 0 spiro atoms. The van der Waals surface area contributed by atoms with Gasteiger partial charge in [-0.3, -0.25) is 9.48 Å². The van der Waals surface area contributed by atoms with Gasteiger partial charge in [0.1, 0.15) is 0 Å². The molecular formula is C19H18FN3O2. The van der Waals surface area contributed by atoms with Crippen LogP contribution in [0.3, 0.4) is 0 Å². The molecule has 0 bridgehead atoms. The first-order valence-corrected chi connectivity index (χ1v) is 7.90. The van der Waals surface area contributed by atoms with Crippen LogP contribution in [0, 0.1) is 5.82 Å². The van der Waals surface area contributed by atoms with Gasteiger partial charge in [0.25, 0.3) is 5.91 Å².